The van der Waals surface area contributed by atoms with Crippen molar-refractivity contribution in [3.8, 4) is 0 Å². The van der Waals surface area contributed by atoms with Crippen molar-refractivity contribution >= 4 is 28.6 Å². The van der Waals surface area contributed by atoms with Gasteiger partial charge in [-0.3, -0.25) is 14.4 Å². The molecule has 2 N–H and O–H groups in total. The molecule has 0 aliphatic heterocycles. The van der Waals surface area contributed by atoms with Crippen LogP contribution in [0.2, 0.25) is 0 Å². The number of ether oxygens (including phenoxy) is 1. The van der Waals surface area contributed by atoms with Gasteiger partial charge in [0.25, 0.3) is 5.91 Å². The van der Waals surface area contributed by atoms with Gasteiger partial charge in [0.15, 0.2) is 0 Å². The van der Waals surface area contributed by atoms with Gasteiger partial charge >= 0.3 is 5.97 Å². The van der Waals surface area contributed by atoms with Crippen LogP contribution in [0.15, 0.2) is 72.8 Å². The number of hydrogen-bond acceptors (Lipinski definition) is 4. The molecule has 0 aromatic heterocycles. The Balaban J connectivity index is 1.35. The van der Waals surface area contributed by atoms with Gasteiger partial charge in [0.1, 0.15) is 6.54 Å². The molecule has 4 rings (SSSR count). The van der Waals surface area contributed by atoms with Crippen molar-refractivity contribution in [3.63, 3.8) is 0 Å². The molecular formula is C25H24N2O4. The van der Waals surface area contributed by atoms with Gasteiger partial charge in [-0.1, -0.05) is 72.8 Å². The zero-order valence-corrected chi connectivity index (χ0v) is 17.0. The monoisotopic (exact) mass is 416 g/mol. The molecule has 1 saturated carbocycles. The van der Waals surface area contributed by atoms with Crippen molar-refractivity contribution in [1.82, 2.24) is 10.6 Å². The Morgan fingerprint density at radius 1 is 0.903 bits per heavy atom. The summed E-state index contributed by atoms with van der Waals surface area (Å²) in [5, 5.41) is 7.53. The first-order chi connectivity index (χ1) is 15.1. The molecule has 1 fully saturated rings. The first-order valence-electron chi connectivity index (χ1n) is 10.4. The molecule has 3 aromatic carbocycles. The minimum atomic E-state index is -1.04. The predicted octanol–water partition coefficient (Wildman–Crippen LogP) is 3.06. The van der Waals surface area contributed by atoms with Crippen molar-refractivity contribution in [2.24, 2.45) is 0 Å². The van der Waals surface area contributed by atoms with Crippen LogP contribution in [0.25, 0.3) is 10.8 Å². The van der Waals surface area contributed by atoms with Crippen LogP contribution in [-0.2, 0) is 25.5 Å². The molecule has 1 aliphatic rings. The molecule has 6 heteroatoms. The first kappa shape index (κ1) is 20.6. The van der Waals surface area contributed by atoms with Gasteiger partial charge in [-0.2, -0.15) is 0 Å². The second kappa shape index (κ2) is 9.43. The normalized spacial score (nSPS) is 13.9. The second-order valence-corrected chi connectivity index (χ2v) is 7.66. The number of nitrogens with one attached hydrogen (secondary N) is 2. The summed E-state index contributed by atoms with van der Waals surface area (Å²) in [4.78, 5) is 37.3. The molecule has 158 valence electrons. The number of benzene rings is 3. The molecule has 0 spiro atoms. The van der Waals surface area contributed by atoms with Gasteiger partial charge < -0.3 is 15.4 Å². The average molecular weight is 416 g/mol. The number of amides is 2. The number of rotatable bonds is 8. The predicted molar refractivity (Wildman–Crippen MR) is 117 cm³/mol. The second-order valence-electron chi connectivity index (χ2n) is 7.66. The fourth-order valence-corrected chi connectivity index (χ4v) is 3.43. The lowest BCUT2D eigenvalue weighted by Gasteiger charge is -2.18. The average Bonchev–Trinajstić information content (AvgIpc) is 3.61. The Morgan fingerprint density at radius 3 is 2.39 bits per heavy atom. The van der Waals surface area contributed by atoms with E-state index in [1.807, 2.05) is 48.5 Å². The summed E-state index contributed by atoms with van der Waals surface area (Å²) in [5.74, 6) is -1.29. The highest BCUT2D eigenvalue weighted by Gasteiger charge is 2.30. The molecule has 1 aliphatic carbocycles. The number of fused-ring (bicyclic) bond motifs is 1. The third-order valence-corrected chi connectivity index (χ3v) is 5.17. The van der Waals surface area contributed by atoms with E-state index in [0.717, 1.165) is 29.2 Å². The molecular weight excluding hydrogens is 392 g/mol. The van der Waals surface area contributed by atoms with E-state index in [1.54, 1.807) is 24.3 Å². The van der Waals surface area contributed by atoms with Crippen molar-refractivity contribution in [2.75, 3.05) is 6.54 Å². The van der Waals surface area contributed by atoms with Crippen LogP contribution in [0.5, 0.6) is 0 Å². The number of carbonyl (C=O) groups is 3. The van der Waals surface area contributed by atoms with E-state index in [2.05, 4.69) is 10.6 Å². The van der Waals surface area contributed by atoms with E-state index in [-0.39, 0.29) is 30.8 Å². The van der Waals surface area contributed by atoms with Crippen LogP contribution in [0, 0.1) is 0 Å². The van der Waals surface area contributed by atoms with Crippen molar-refractivity contribution in [3.05, 3.63) is 83.9 Å². The summed E-state index contributed by atoms with van der Waals surface area (Å²) in [6.45, 7) is -0.302. The van der Waals surface area contributed by atoms with E-state index in [4.69, 9.17) is 4.74 Å². The van der Waals surface area contributed by atoms with Crippen molar-refractivity contribution in [2.45, 2.75) is 31.4 Å². The van der Waals surface area contributed by atoms with Gasteiger partial charge in [0.05, 0.1) is 6.42 Å². The Bertz CT molecular complexity index is 1090. The van der Waals surface area contributed by atoms with E-state index in [9.17, 15) is 14.4 Å². The summed E-state index contributed by atoms with van der Waals surface area (Å²) in [6, 6.07) is 22.7. The Kier molecular flexibility index (Phi) is 6.26. The lowest BCUT2D eigenvalue weighted by atomic mass is 10.0. The van der Waals surface area contributed by atoms with Gasteiger partial charge in [0.2, 0.25) is 12.0 Å². The van der Waals surface area contributed by atoms with Crippen molar-refractivity contribution < 1.29 is 19.1 Å². The van der Waals surface area contributed by atoms with Crippen LogP contribution in [0.4, 0.5) is 0 Å². The van der Waals surface area contributed by atoms with Gasteiger partial charge in [0, 0.05) is 11.6 Å². The maximum Gasteiger partial charge on any atom is 0.326 e. The van der Waals surface area contributed by atoms with Crippen LogP contribution < -0.4 is 10.6 Å². The van der Waals surface area contributed by atoms with Gasteiger partial charge in [-0.05, 0) is 29.2 Å². The zero-order valence-electron chi connectivity index (χ0n) is 17.0. The molecule has 0 saturated heterocycles. The summed E-state index contributed by atoms with van der Waals surface area (Å²) in [5.41, 5.74) is 1.48. The minimum absolute atomic E-state index is 0.151. The summed E-state index contributed by atoms with van der Waals surface area (Å²) >= 11 is 0. The standard InChI is InChI=1S/C25H24N2O4/c28-22(15-19-11-6-10-17-7-4-5-12-21(17)19)26-16-23(29)31-24(18-8-2-1-3-9-18)25(30)27-20-13-14-20/h1-12,20,24H,13-16H2,(H,26,28)(H,27,30)/t24-/m0/s1. The zero-order chi connectivity index (χ0) is 21.6. The van der Waals surface area contributed by atoms with E-state index in [1.165, 1.54) is 0 Å². The largest absolute Gasteiger partial charge is 0.446 e. The Morgan fingerprint density at radius 2 is 1.61 bits per heavy atom. The molecule has 1 atom stereocenters. The maximum absolute atomic E-state index is 12.6. The molecule has 0 unspecified atom stereocenters. The quantitative estimate of drug-likeness (QED) is 0.553. The molecule has 31 heavy (non-hydrogen) atoms. The highest BCUT2D eigenvalue weighted by Crippen LogP contribution is 2.23. The van der Waals surface area contributed by atoms with Crippen molar-refractivity contribution in [1.29, 1.82) is 0 Å². The fraction of sp³-hybridized carbons (Fsp3) is 0.240. The maximum atomic E-state index is 12.6. The molecule has 0 bridgehead atoms. The highest BCUT2D eigenvalue weighted by atomic mass is 16.5. The van der Waals surface area contributed by atoms with Crippen LogP contribution in [0.3, 0.4) is 0 Å². The number of esters is 1. The van der Waals surface area contributed by atoms with Crippen LogP contribution >= 0.6 is 0 Å². The number of hydrogen-bond donors (Lipinski definition) is 2. The van der Waals surface area contributed by atoms with Gasteiger partial charge in [-0.15, -0.1) is 0 Å². The molecule has 6 nitrogen and oxygen atoms in total. The van der Waals surface area contributed by atoms with E-state index >= 15 is 0 Å². The third kappa shape index (κ3) is 5.48. The molecule has 2 amide bonds. The van der Waals surface area contributed by atoms with Crippen LogP contribution in [0.1, 0.15) is 30.1 Å². The smallest absolute Gasteiger partial charge is 0.326 e. The highest BCUT2D eigenvalue weighted by molar-refractivity contribution is 5.91. The molecule has 3 aromatic rings. The molecule has 0 radical (unpaired) electrons. The SMILES string of the molecule is O=C(Cc1cccc2ccccc12)NCC(=O)O[C@H](C(=O)NC1CC1)c1ccccc1. The summed E-state index contributed by atoms with van der Waals surface area (Å²) in [7, 11) is 0. The Labute approximate surface area is 180 Å². The Hall–Kier alpha value is -3.67. The summed E-state index contributed by atoms with van der Waals surface area (Å²) in [6.07, 6.45) is 0.986. The van der Waals surface area contributed by atoms with Gasteiger partial charge in [-0.25, -0.2) is 0 Å². The minimum Gasteiger partial charge on any atom is -0.446 e. The molecule has 0 heterocycles. The number of carbonyl (C=O) groups excluding carboxylic acids is 3. The first-order valence-corrected chi connectivity index (χ1v) is 10.4. The van der Waals surface area contributed by atoms with E-state index < -0.39 is 12.1 Å². The lowest BCUT2D eigenvalue weighted by Crippen LogP contribution is -2.37. The van der Waals surface area contributed by atoms with E-state index in [0.29, 0.717) is 5.56 Å². The topological polar surface area (TPSA) is 84.5 Å². The third-order valence-electron chi connectivity index (χ3n) is 5.17. The summed E-state index contributed by atoms with van der Waals surface area (Å²) < 4.78 is 5.43. The van der Waals surface area contributed by atoms with Crippen LogP contribution in [-0.4, -0.2) is 30.4 Å². The fourth-order valence-electron chi connectivity index (χ4n) is 3.43. The lowest BCUT2D eigenvalue weighted by molar-refractivity contribution is -0.156.